The first-order valence-corrected chi connectivity index (χ1v) is 6.64. The number of fused-ring (bicyclic) bond motifs is 1. The summed E-state index contributed by atoms with van der Waals surface area (Å²) in [5.74, 6) is 1.42. The van der Waals surface area contributed by atoms with Crippen molar-refractivity contribution >= 4 is 16.6 Å². The molecule has 0 aliphatic carbocycles. The van der Waals surface area contributed by atoms with Crippen LogP contribution in [0.1, 0.15) is 24.3 Å². The third kappa shape index (κ3) is 2.54. The van der Waals surface area contributed by atoms with Crippen molar-refractivity contribution in [2.45, 2.75) is 19.9 Å². The molecule has 6 nitrogen and oxygen atoms in total. The van der Waals surface area contributed by atoms with Crippen molar-refractivity contribution in [3.05, 3.63) is 47.8 Å². The van der Waals surface area contributed by atoms with Crippen molar-refractivity contribution in [2.75, 3.05) is 5.32 Å². The van der Waals surface area contributed by atoms with Crippen LogP contribution in [-0.4, -0.2) is 15.2 Å². The summed E-state index contributed by atoms with van der Waals surface area (Å²) in [5.41, 5.74) is 1.65. The van der Waals surface area contributed by atoms with E-state index in [1.54, 1.807) is 6.20 Å². The van der Waals surface area contributed by atoms with Crippen LogP contribution in [0.15, 0.2) is 34.9 Å². The minimum atomic E-state index is 0.260. The number of nitrogens with zero attached hydrogens (tertiary/aromatic N) is 4. The lowest BCUT2D eigenvalue weighted by Crippen LogP contribution is -2.04. The van der Waals surface area contributed by atoms with Crippen molar-refractivity contribution in [2.24, 2.45) is 0 Å². The highest BCUT2D eigenvalue weighted by Gasteiger charge is 2.11. The largest absolute Gasteiger partial charge is 0.444 e. The molecule has 3 aromatic rings. The molecule has 0 atom stereocenters. The molecule has 1 aromatic carbocycles. The van der Waals surface area contributed by atoms with Gasteiger partial charge in [-0.25, -0.2) is 4.98 Å². The smallest absolute Gasteiger partial charge is 0.213 e. The van der Waals surface area contributed by atoms with Crippen LogP contribution in [0.5, 0.6) is 0 Å². The third-order valence-corrected chi connectivity index (χ3v) is 3.14. The summed E-state index contributed by atoms with van der Waals surface area (Å²) in [7, 11) is 0. The van der Waals surface area contributed by atoms with Crippen LogP contribution in [0.2, 0.25) is 0 Å². The molecule has 0 aliphatic heterocycles. The molecule has 21 heavy (non-hydrogen) atoms. The lowest BCUT2D eigenvalue weighted by atomic mass is 10.1. The van der Waals surface area contributed by atoms with Gasteiger partial charge in [0, 0.05) is 11.8 Å². The average molecular weight is 279 g/mol. The Morgan fingerprint density at radius 3 is 2.90 bits per heavy atom. The number of aromatic nitrogens is 3. The van der Waals surface area contributed by atoms with Gasteiger partial charge < -0.3 is 9.73 Å². The first kappa shape index (κ1) is 13.1. The van der Waals surface area contributed by atoms with E-state index in [4.69, 9.17) is 4.42 Å². The van der Waals surface area contributed by atoms with Crippen LogP contribution in [0.4, 0.5) is 5.69 Å². The van der Waals surface area contributed by atoms with Crippen molar-refractivity contribution in [3.8, 4) is 6.07 Å². The lowest BCUT2D eigenvalue weighted by molar-refractivity contribution is 0.466. The minimum Gasteiger partial charge on any atom is -0.444 e. The van der Waals surface area contributed by atoms with Gasteiger partial charge in [-0.15, -0.1) is 10.2 Å². The van der Waals surface area contributed by atoms with Crippen LogP contribution in [0.25, 0.3) is 10.9 Å². The summed E-state index contributed by atoms with van der Waals surface area (Å²) in [6, 6.07) is 9.60. The maximum Gasteiger partial charge on any atom is 0.213 e. The molecular weight excluding hydrogens is 266 g/mol. The first-order valence-electron chi connectivity index (χ1n) is 6.64. The lowest BCUT2D eigenvalue weighted by Gasteiger charge is -2.08. The topological polar surface area (TPSA) is 87.6 Å². The van der Waals surface area contributed by atoms with Gasteiger partial charge in [0.15, 0.2) is 5.69 Å². The van der Waals surface area contributed by atoms with E-state index in [-0.39, 0.29) is 5.69 Å². The third-order valence-electron chi connectivity index (χ3n) is 3.14. The Morgan fingerprint density at radius 2 is 2.14 bits per heavy atom. The number of hydrogen-bond acceptors (Lipinski definition) is 6. The number of rotatable bonds is 4. The number of oxazole rings is 1. The summed E-state index contributed by atoms with van der Waals surface area (Å²) in [4.78, 5) is 4.19. The van der Waals surface area contributed by atoms with Crippen LogP contribution >= 0.6 is 0 Å². The molecule has 0 aliphatic rings. The predicted molar refractivity (Wildman–Crippen MR) is 77.5 cm³/mol. The normalized spacial score (nSPS) is 10.5. The molecular formula is C15H13N5O. The van der Waals surface area contributed by atoms with E-state index in [0.29, 0.717) is 18.1 Å². The second kappa shape index (κ2) is 5.59. The fraction of sp³-hybridized carbons (Fsp3) is 0.200. The number of aryl methyl sites for hydroxylation is 1. The van der Waals surface area contributed by atoms with Crippen molar-refractivity contribution in [3.63, 3.8) is 0 Å². The molecule has 0 radical (unpaired) electrons. The second-order valence-corrected chi connectivity index (χ2v) is 4.48. The molecule has 104 valence electrons. The number of anilines is 1. The zero-order valence-corrected chi connectivity index (χ0v) is 11.5. The molecule has 0 saturated carbocycles. The molecule has 2 aromatic heterocycles. The molecule has 1 N–H and O–H groups in total. The molecule has 3 rings (SSSR count). The second-order valence-electron chi connectivity index (χ2n) is 4.48. The monoisotopic (exact) mass is 279 g/mol. The van der Waals surface area contributed by atoms with E-state index in [1.165, 1.54) is 0 Å². The Balaban J connectivity index is 1.93. The molecule has 0 bridgehead atoms. The van der Waals surface area contributed by atoms with Crippen molar-refractivity contribution in [1.29, 1.82) is 5.26 Å². The standard InChI is InChI=1S/C15H13N5O/c1-2-10-8-17-14(21-10)9-18-15-11-5-3-4-6-12(11)19-20-13(15)7-16/h3-6,8H,2,9H2,1H3,(H,18,19). The van der Waals surface area contributed by atoms with Gasteiger partial charge in [0.25, 0.3) is 0 Å². The average Bonchev–Trinajstić information content (AvgIpc) is 3.00. The summed E-state index contributed by atoms with van der Waals surface area (Å²) >= 11 is 0. The zero-order valence-electron chi connectivity index (χ0n) is 11.5. The number of hydrogen-bond donors (Lipinski definition) is 1. The molecule has 0 saturated heterocycles. The fourth-order valence-corrected chi connectivity index (χ4v) is 2.07. The van der Waals surface area contributed by atoms with Crippen LogP contribution in [0, 0.1) is 11.3 Å². The summed E-state index contributed by atoms with van der Waals surface area (Å²) < 4.78 is 5.55. The molecule has 0 spiro atoms. The highest BCUT2D eigenvalue weighted by molar-refractivity contribution is 5.92. The van der Waals surface area contributed by atoms with E-state index in [1.807, 2.05) is 31.2 Å². The summed E-state index contributed by atoms with van der Waals surface area (Å²) in [6.07, 6.45) is 2.52. The van der Waals surface area contributed by atoms with E-state index in [9.17, 15) is 5.26 Å². The SMILES string of the molecule is CCc1cnc(CNc2c(C#N)nnc3ccccc23)o1. The van der Waals surface area contributed by atoms with E-state index < -0.39 is 0 Å². The van der Waals surface area contributed by atoms with Gasteiger partial charge in [0.05, 0.1) is 23.9 Å². The van der Waals surface area contributed by atoms with Gasteiger partial charge in [-0.2, -0.15) is 5.26 Å². The van der Waals surface area contributed by atoms with Gasteiger partial charge >= 0.3 is 0 Å². The Labute approximate surface area is 121 Å². The highest BCUT2D eigenvalue weighted by atomic mass is 16.4. The van der Waals surface area contributed by atoms with E-state index >= 15 is 0 Å². The molecule has 0 fully saturated rings. The first-order chi connectivity index (χ1) is 10.3. The van der Waals surface area contributed by atoms with Gasteiger partial charge in [0.2, 0.25) is 5.89 Å². The number of nitriles is 1. The van der Waals surface area contributed by atoms with E-state index in [2.05, 4.69) is 26.6 Å². The van der Waals surface area contributed by atoms with E-state index in [0.717, 1.165) is 23.1 Å². The Morgan fingerprint density at radius 1 is 1.29 bits per heavy atom. The summed E-state index contributed by atoms with van der Waals surface area (Å²) in [6.45, 7) is 2.40. The summed E-state index contributed by atoms with van der Waals surface area (Å²) in [5, 5.41) is 21.2. The quantitative estimate of drug-likeness (QED) is 0.790. The molecule has 0 amide bonds. The predicted octanol–water partition coefficient (Wildman–Crippen LogP) is 2.66. The Hall–Kier alpha value is -2.94. The fourth-order valence-electron chi connectivity index (χ4n) is 2.07. The van der Waals surface area contributed by atoms with Gasteiger partial charge in [-0.3, -0.25) is 0 Å². The maximum absolute atomic E-state index is 9.19. The van der Waals surface area contributed by atoms with Crippen LogP contribution in [-0.2, 0) is 13.0 Å². The van der Waals surface area contributed by atoms with Crippen molar-refractivity contribution < 1.29 is 4.42 Å². The molecule has 2 heterocycles. The molecule has 0 unspecified atom stereocenters. The minimum absolute atomic E-state index is 0.260. The van der Waals surface area contributed by atoms with Gasteiger partial charge in [0.1, 0.15) is 11.8 Å². The van der Waals surface area contributed by atoms with Crippen LogP contribution in [0.3, 0.4) is 0 Å². The number of benzene rings is 1. The zero-order chi connectivity index (χ0) is 14.7. The van der Waals surface area contributed by atoms with Gasteiger partial charge in [-0.1, -0.05) is 25.1 Å². The number of nitrogens with one attached hydrogen (secondary N) is 1. The Bertz CT molecular complexity index is 818. The highest BCUT2D eigenvalue weighted by Crippen LogP contribution is 2.24. The van der Waals surface area contributed by atoms with Gasteiger partial charge in [-0.05, 0) is 6.07 Å². The molecule has 6 heteroatoms. The van der Waals surface area contributed by atoms with Crippen molar-refractivity contribution in [1.82, 2.24) is 15.2 Å². The Kier molecular flexibility index (Phi) is 3.48. The maximum atomic E-state index is 9.19. The van der Waals surface area contributed by atoms with Crippen LogP contribution < -0.4 is 5.32 Å².